The van der Waals surface area contributed by atoms with Gasteiger partial charge in [-0.3, -0.25) is 0 Å². The molecule has 4 heteroatoms. The van der Waals surface area contributed by atoms with E-state index in [1.807, 2.05) is 6.92 Å². The van der Waals surface area contributed by atoms with Crippen LogP contribution in [0.3, 0.4) is 0 Å². The zero-order valence-corrected chi connectivity index (χ0v) is 8.86. The van der Waals surface area contributed by atoms with Crippen LogP contribution < -0.4 is 10.5 Å². The van der Waals surface area contributed by atoms with Gasteiger partial charge in [0.2, 0.25) is 0 Å². The van der Waals surface area contributed by atoms with Crippen LogP contribution in [0.1, 0.15) is 19.4 Å². The lowest BCUT2D eigenvalue weighted by Gasteiger charge is -2.19. The third-order valence-corrected chi connectivity index (χ3v) is 2.21. The maximum Gasteiger partial charge on any atom is 0.328 e. The molecule has 0 unspecified atom stereocenters. The van der Waals surface area contributed by atoms with Crippen LogP contribution in [-0.4, -0.2) is 17.7 Å². The molecule has 0 fully saturated rings. The van der Waals surface area contributed by atoms with Crippen LogP contribution in [0.2, 0.25) is 0 Å². The van der Waals surface area contributed by atoms with E-state index in [4.69, 9.17) is 15.6 Å². The van der Waals surface area contributed by atoms with Gasteiger partial charge >= 0.3 is 5.97 Å². The standard InChI is InChI=1S/C11H15NO3/c1-3-15-9-6-4-8(5-7-9)11(2,12)10(13)14/h4-7H,3,12H2,1-2H3,(H,13,14)/t11-/m1/s1. The van der Waals surface area contributed by atoms with Crippen molar-refractivity contribution in [1.82, 2.24) is 0 Å². The fourth-order valence-corrected chi connectivity index (χ4v) is 1.19. The molecule has 0 saturated heterocycles. The summed E-state index contributed by atoms with van der Waals surface area (Å²) in [5.41, 5.74) is 4.86. The highest BCUT2D eigenvalue weighted by molar-refractivity contribution is 5.79. The monoisotopic (exact) mass is 209 g/mol. The fraction of sp³-hybridized carbons (Fsp3) is 0.364. The zero-order chi connectivity index (χ0) is 11.5. The minimum Gasteiger partial charge on any atom is -0.494 e. The predicted molar refractivity (Wildman–Crippen MR) is 56.8 cm³/mol. The van der Waals surface area contributed by atoms with E-state index < -0.39 is 11.5 Å². The van der Waals surface area contributed by atoms with E-state index in [-0.39, 0.29) is 0 Å². The summed E-state index contributed by atoms with van der Waals surface area (Å²) in [4.78, 5) is 10.9. The topological polar surface area (TPSA) is 72.5 Å². The third-order valence-electron chi connectivity index (χ3n) is 2.21. The number of carbonyl (C=O) groups is 1. The van der Waals surface area contributed by atoms with Crippen molar-refractivity contribution in [3.63, 3.8) is 0 Å². The number of ether oxygens (including phenoxy) is 1. The molecule has 1 aromatic rings. The average Bonchev–Trinajstić information content (AvgIpc) is 2.19. The minimum absolute atomic E-state index is 0.554. The number of hydrogen-bond acceptors (Lipinski definition) is 3. The van der Waals surface area contributed by atoms with Crippen LogP contribution in [0.5, 0.6) is 5.75 Å². The molecule has 3 N–H and O–H groups in total. The Hall–Kier alpha value is -1.55. The van der Waals surface area contributed by atoms with E-state index in [0.717, 1.165) is 0 Å². The summed E-state index contributed by atoms with van der Waals surface area (Å²) in [7, 11) is 0. The number of carboxylic acids is 1. The molecule has 0 spiro atoms. The molecule has 0 amide bonds. The van der Waals surface area contributed by atoms with Crippen LogP contribution in [0.4, 0.5) is 0 Å². The van der Waals surface area contributed by atoms with E-state index in [0.29, 0.717) is 17.9 Å². The molecule has 0 heterocycles. The van der Waals surface area contributed by atoms with E-state index in [9.17, 15) is 4.79 Å². The second-order valence-corrected chi connectivity index (χ2v) is 3.46. The molecule has 0 radical (unpaired) electrons. The van der Waals surface area contributed by atoms with Gasteiger partial charge in [0.05, 0.1) is 6.61 Å². The molecule has 0 aliphatic rings. The van der Waals surface area contributed by atoms with Gasteiger partial charge in [0, 0.05) is 0 Å². The first-order valence-electron chi connectivity index (χ1n) is 4.74. The SMILES string of the molecule is CCOc1ccc([C@@](C)(N)C(=O)O)cc1. The van der Waals surface area contributed by atoms with E-state index in [2.05, 4.69) is 0 Å². The van der Waals surface area contributed by atoms with Crippen molar-refractivity contribution in [2.75, 3.05) is 6.61 Å². The van der Waals surface area contributed by atoms with Crippen molar-refractivity contribution < 1.29 is 14.6 Å². The molecule has 15 heavy (non-hydrogen) atoms. The summed E-state index contributed by atoms with van der Waals surface area (Å²) in [6, 6.07) is 6.76. The fourth-order valence-electron chi connectivity index (χ4n) is 1.19. The van der Waals surface area contributed by atoms with Crippen LogP contribution in [0.25, 0.3) is 0 Å². The van der Waals surface area contributed by atoms with Gasteiger partial charge < -0.3 is 15.6 Å². The smallest absolute Gasteiger partial charge is 0.328 e. The van der Waals surface area contributed by atoms with Crippen LogP contribution >= 0.6 is 0 Å². The summed E-state index contributed by atoms with van der Waals surface area (Å²) in [6.45, 7) is 3.93. The maximum absolute atomic E-state index is 10.9. The summed E-state index contributed by atoms with van der Waals surface area (Å²) < 4.78 is 5.25. The van der Waals surface area contributed by atoms with E-state index in [1.165, 1.54) is 6.92 Å². The molecule has 82 valence electrons. The highest BCUT2D eigenvalue weighted by Gasteiger charge is 2.29. The Balaban J connectivity index is 2.93. The highest BCUT2D eigenvalue weighted by Crippen LogP contribution is 2.21. The molecular formula is C11H15NO3. The van der Waals surface area contributed by atoms with Crippen molar-refractivity contribution in [3.05, 3.63) is 29.8 Å². The van der Waals surface area contributed by atoms with Gasteiger partial charge in [0.25, 0.3) is 0 Å². The molecule has 0 bridgehead atoms. The number of carboxylic acid groups (broad SMARTS) is 1. The Kier molecular flexibility index (Phi) is 3.31. The van der Waals surface area contributed by atoms with Crippen LogP contribution in [0, 0.1) is 0 Å². The van der Waals surface area contributed by atoms with Gasteiger partial charge in [-0.1, -0.05) is 12.1 Å². The first-order valence-corrected chi connectivity index (χ1v) is 4.74. The van der Waals surface area contributed by atoms with Crippen LogP contribution in [-0.2, 0) is 10.3 Å². The van der Waals surface area contributed by atoms with Gasteiger partial charge in [-0.25, -0.2) is 4.79 Å². The Bertz CT molecular complexity index is 343. The number of benzene rings is 1. The van der Waals surface area contributed by atoms with Crippen molar-refractivity contribution >= 4 is 5.97 Å². The second kappa shape index (κ2) is 4.31. The van der Waals surface area contributed by atoms with E-state index >= 15 is 0 Å². The number of hydrogen-bond donors (Lipinski definition) is 2. The van der Waals surface area contributed by atoms with Gasteiger partial charge in [-0.2, -0.15) is 0 Å². The lowest BCUT2D eigenvalue weighted by Crippen LogP contribution is -2.41. The molecule has 0 aromatic heterocycles. The first kappa shape index (κ1) is 11.5. The second-order valence-electron chi connectivity index (χ2n) is 3.46. The summed E-state index contributed by atoms with van der Waals surface area (Å²) in [6.07, 6.45) is 0. The summed E-state index contributed by atoms with van der Waals surface area (Å²) in [5.74, 6) is -0.339. The lowest BCUT2D eigenvalue weighted by molar-refractivity contribution is -0.143. The van der Waals surface area contributed by atoms with E-state index in [1.54, 1.807) is 24.3 Å². The van der Waals surface area contributed by atoms with Gasteiger partial charge in [-0.15, -0.1) is 0 Å². The molecular weight excluding hydrogens is 194 g/mol. The van der Waals surface area contributed by atoms with Crippen LogP contribution in [0.15, 0.2) is 24.3 Å². The number of nitrogens with two attached hydrogens (primary N) is 1. The number of rotatable bonds is 4. The molecule has 4 nitrogen and oxygen atoms in total. The zero-order valence-electron chi connectivity index (χ0n) is 8.86. The van der Waals surface area contributed by atoms with Crippen molar-refractivity contribution in [3.8, 4) is 5.75 Å². The summed E-state index contributed by atoms with van der Waals surface area (Å²) in [5, 5.41) is 8.91. The predicted octanol–water partition coefficient (Wildman–Crippen LogP) is 1.34. The minimum atomic E-state index is -1.36. The Morgan fingerprint density at radius 2 is 2.00 bits per heavy atom. The molecule has 1 rings (SSSR count). The molecule has 1 aromatic carbocycles. The Morgan fingerprint density at radius 1 is 1.47 bits per heavy atom. The maximum atomic E-state index is 10.9. The largest absolute Gasteiger partial charge is 0.494 e. The Morgan fingerprint density at radius 3 is 2.40 bits per heavy atom. The van der Waals surface area contributed by atoms with Gasteiger partial charge in [0.15, 0.2) is 0 Å². The Labute approximate surface area is 88.7 Å². The van der Waals surface area contributed by atoms with Crippen molar-refractivity contribution in [2.24, 2.45) is 5.73 Å². The number of aliphatic carboxylic acids is 1. The summed E-state index contributed by atoms with van der Waals surface area (Å²) >= 11 is 0. The lowest BCUT2D eigenvalue weighted by atomic mass is 9.93. The molecule has 0 aliphatic heterocycles. The van der Waals surface area contributed by atoms with Gasteiger partial charge in [-0.05, 0) is 31.5 Å². The molecule has 0 saturated carbocycles. The average molecular weight is 209 g/mol. The molecule has 0 aliphatic carbocycles. The quantitative estimate of drug-likeness (QED) is 0.785. The van der Waals surface area contributed by atoms with Crippen molar-refractivity contribution in [1.29, 1.82) is 0 Å². The van der Waals surface area contributed by atoms with Gasteiger partial charge in [0.1, 0.15) is 11.3 Å². The highest BCUT2D eigenvalue weighted by atomic mass is 16.5. The first-order chi connectivity index (χ1) is 6.98. The third kappa shape index (κ3) is 2.47. The molecule has 1 atom stereocenters. The normalized spacial score (nSPS) is 14.3. The van der Waals surface area contributed by atoms with Crippen molar-refractivity contribution in [2.45, 2.75) is 19.4 Å².